The fourth-order valence-electron chi connectivity index (χ4n) is 3.86. The maximum Gasteiger partial charge on any atom is 0.222 e. The SMILES string of the molecule is OC[C@H]1OC(O)(c2ccc(Cl)c(Cc3ccc(OCCOC4CC4)cc3)c2)[C@H](O)[C@@H](O)[C@@H]1O. The Kier molecular flexibility index (Phi) is 7.57. The molecule has 0 radical (unpaired) electrons. The lowest BCUT2D eigenvalue weighted by Gasteiger charge is -2.45. The van der Waals surface area contributed by atoms with E-state index in [0.29, 0.717) is 36.3 Å². The molecular weight excluding hydrogens is 452 g/mol. The van der Waals surface area contributed by atoms with Gasteiger partial charge in [-0.3, -0.25) is 0 Å². The molecule has 0 amide bonds. The largest absolute Gasteiger partial charge is 0.491 e. The fourth-order valence-corrected chi connectivity index (χ4v) is 4.04. The van der Waals surface area contributed by atoms with Gasteiger partial charge in [0.25, 0.3) is 0 Å². The summed E-state index contributed by atoms with van der Waals surface area (Å²) >= 11 is 6.37. The van der Waals surface area contributed by atoms with Gasteiger partial charge in [-0.1, -0.05) is 29.8 Å². The summed E-state index contributed by atoms with van der Waals surface area (Å²) in [6.07, 6.45) is -3.26. The Morgan fingerprint density at radius 2 is 1.73 bits per heavy atom. The molecule has 1 saturated carbocycles. The van der Waals surface area contributed by atoms with Gasteiger partial charge in [0, 0.05) is 10.6 Å². The van der Waals surface area contributed by atoms with Gasteiger partial charge in [-0.15, -0.1) is 0 Å². The minimum Gasteiger partial charge on any atom is -0.491 e. The van der Waals surface area contributed by atoms with Gasteiger partial charge in [-0.2, -0.15) is 0 Å². The standard InChI is InChI=1S/C24H29ClO8/c25-19-8-3-16(24(30)23(29)22(28)21(27)20(13-26)33-24)12-15(19)11-14-1-4-17(5-2-14)31-9-10-32-18-6-7-18/h1-5,8,12,18,20-23,26-30H,6-7,9-11,13H2/t20-,21-,22+,23-,24?/m1/s1. The average Bonchev–Trinajstić information content (AvgIpc) is 3.65. The van der Waals surface area contributed by atoms with Crippen LogP contribution in [0.4, 0.5) is 0 Å². The van der Waals surface area contributed by atoms with Crippen LogP contribution in [0, 0.1) is 0 Å². The maximum absolute atomic E-state index is 11.0. The Morgan fingerprint density at radius 1 is 1.00 bits per heavy atom. The van der Waals surface area contributed by atoms with E-state index in [4.69, 9.17) is 25.8 Å². The van der Waals surface area contributed by atoms with Crippen LogP contribution in [0.1, 0.15) is 29.5 Å². The van der Waals surface area contributed by atoms with Crippen molar-refractivity contribution in [3.8, 4) is 5.75 Å². The van der Waals surface area contributed by atoms with E-state index < -0.39 is 36.8 Å². The van der Waals surface area contributed by atoms with Crippen molar-refractivity contribution < 1.29 is 39.7 Å². The number of aliphatic hydroxyl groups is 5. The maximum atomic E-state index is 11.0. The second-order valence-corrected chi connectivity index (χ2v) is 8.91. The smallest absolute Gasteiger partial charge is 0.222 e. The number of rotatable bonds is 9. The predicted octanol–water partition coefficient (Wildman–Crippen LogP) is 1.11. The molecule has 180 valence electrons. The summed E-state index contributed by atoms with van der Waals surface area (Å²) in [7, 11) is 0. The molecule has 1 aliphatic heterocycles. The Labute approximate surface area is 196 Å². The van der Waals surface area contributed by atoms with Gasteiger partial charge in [0.2, 0.25) is 5.79 Å². The number of ether oxygens (including phenoxy) is 3. The van der Waals surface area contributed by atoms with E-state index >= 15 is 0 Å². The average molecular weight is 481 g/mol. The first-order valence-electron chi connectivity index (χ1n) is 11.0. The van der Waals surface area contributed by atoms with Crippen LogP contribution in [-0.4, -0.2) is 75.9 Å². The number of halogens is 1. The number of hydrogen-bond donors (Lipinski definition) is 5. The van der Waals surface area contributed by atoms with Crippen LogP contribution in [0.15, 0.2) is 42.5 Å². The quantitative estimate of drug-likeness (QED) is 0.338. The molecule has 2 aromatic carbocycles. The van der Waals surface area contributed by atoms with Crippen molar-refractivity contribution in [2.75, 3.05) is 19.8 Å². The van der Waals surface area contributed by atoms with Crippen LogP contribution in [0.25, 0.3) is 0 Å². The van der Waals surface area contributed by atoms with Crippen LogP contribution in [0.5, 0.6) is 5.75 Å². The number of aliphatic hydroxyl groups excluding tert-OH is 4. The molecule has 5 atom stereocenters. The number of benzene rings is 2. The van der Waals surface area contributed by atoms with Crippen molar-refractivity contribution in [3.05, 3.63) is 64.2 Å². The second-order valence-electron chi connectivity index (χ2n) is 8.51. The van der Waals surface area contributed by atoms with E-state index in [0.717, 1.165) is 24.2 Å². The van der Waals surface area contributed by atoms with Gasteiger partial charge in [-0.25, -0.2) is 0 Å². The molecule has 5 N–H and O–H groups in total. The Morgan fingerprint density at radius 3 is 2.39 bits per heavy atom. The zero-order valence-electron chi connectivity index (χ0n) is 18.0. The van der Waals surface area contributed by atoms with E-state index in [1.54, 1.807) is 12.1 Å². The Hall–Kier alpha value is -1.75. The van der Waals surface area contributed by atoms with Gasteiger partial charge in [0.1, 0.15) is 36.8 Å². The third kappa shape index (κ3) is 5.50. The normalized spacial score (nSPS) is 29.8. The predicted molar refractivity (Wildman–Crippen MR) is 119 cm³/mol. The zero-order valence-corrected chi connectivity index (χ0v) is 18.8. The minimum atomic E-state index is -2.33. The molecule has 1 saturated heterocycles. The van der Waals surface area contributed by atoms with Crippen molar-refractivity contribution in [1.82, 2.24) is 0 Å². The summed E-state index contributed by atoms with van der Waals surface area (Å²) < 4.78 is 16.7. The summed E-state index contributed by atoms with van der Waals surface area (Å²) in [6, 6.07) is 12.1. The number of hydrogen-bond acceptors (Lipinski definition) is 8. The molecule has 9 heteroatoms. The summed E-state index contributed by atoms with van der Waals surface area (Å²) in [5.41, 5.74) is 1.75. The lowest BCUT2D eigenvalue weighted by molar-refractivity contribution is -0.357. The molecular formula is C24H29ClO8. The third-order valence-corrected chi connectivity index (χ3v) is 6.34. The van der Waals surface area contributed by atoms with E-state index in [1.165, 1.54) is 6.07 Å². The molecule has 0 spiro atoms. The van der Waals surface area contributed by atoms with Crippen LogP contribution in [0.3, 0.4) is 0 Å². The monoisotopic (exact) mass is 480 g/mol. The van der Waals surface area contributed by atoms with Gasteiger partial charge >= 0.3 is 0 Å². The van der Waals surface area contributed by atoms with E-state index in [2.05, 4.69) is 0 Å². The molecule has 8 nitrogen and oxygen atoms in total. The highest BCUT2D eigenvalue weighted by molar-refractivity contribution is 6.31. The highest BCUT2D eigenvalue weighted by atomic mass is 35.5. The molecule has 0 bridgehead atoms. The van der Waals surface area contributed by atoms with Crippen molar-refractivity contribution in [1.29, 1.82) is 0 Å². The van der Waals surface area contributed by atoms with Crippen LogP contribution in [0.2, 0.25) is 5.02 Å². The van der Waals surface area contributed by atoms with Crippen LogP contribution < -0.4 is 4.74 Å². The first-order chi connectivity index (χ1) is 15.8. The molecule has 0 aromatic heterocycles. The summed E-state index contributed by atoms with van der Waals surface area (Å²) in [4.78, 5) is 0. The van der Waals surface area contributed by atoms with Crippen molar-refractivity contribution >= 4 is 11.6 Å². The zero-order chi connectivity index (χ0) is 23.6. The van der Waals surface area contributed by atoms with Crippen molar-refractivity contribution in [2.24, 2.45) is 0 Å². The van der Waals surface area contributed by atoms with E-state index in [1.807, 2.05) is 24.3 Å². The molecule has 1 heterocycles. The van der Waals surface area contributed by atoms with Crippen LogP contribution in [-0.2, 0) is 21.7 Å². The summed E-state index contributed by atoms with van der Waals surface area (Å²) in [5, 5.41) is 51.4. The molecule has 4 rings (SSSR count). The van der Waals surface area contributed by atoms with Gasteiger partial charge in [0.05, 0.1) is 19.3 Å². The molecule has 2 fully saturated rings. The third-order valence-electron chi connectivity index (χ3n) is 5.97. The molecule has 2 aromatic rings. The van der Waals surface area contributed by atoms with Gasteiger partial charge in [0.15, 0.2) is 0 Å². The Balaban J connectivity index is 1.45. The topological polar surface area (TPSA) is 129 Å². The highest BCUT2D eigenvalue weighted by Crippen LogP contribution is 2.38. The van der Waals surface area contributed by atoms with Crippen LogP contribution >= 0.6 is 11.6 Å². The molecule has 1 aliphatic carbocycles. The first-order valence-corrected chi connectivity index (χ1v) is 11.4. The molecule has 2 aliphatic rings. The van der Waals surface area contributed by atoms with E-state index in [-0.39, 0.29) is 5.56 Å². The van der Waals surface area contributed by atoms with Crippen molar-refractivity contribution in [3.63, 3.8) is 0 Å². The molecule has 1 unspecified atom stereocenters. The van der Waals surface area contributed by atoms with Crippen molar-refractivity contribution in [2.45, 2.75) is 55.6 Å². The molecule has 33 heavy (non-hydrogen) atoms. The summed E-state index contributed by atoms with van der Waals surface area (Å²) in [5.74, 6) is -1.60. The van der Waals surface area contributed by atoms with Gasteiger partial charge < -0.3 is 39.7 Å². The van der Waals surface area contributed by atoms with Gasteiger partial charge in [-0.05, 0) is 54.7 Å². The highest BCUT2D eigenvalue weighted by Gasteiger charge is 2.53. The summed E-state index contributed by atoms with van der Waals surface area (Å²) in [6.45, 7) is 0.406. The van der Waals surface area contributed by atoms with E-state index in [9.17, 15) is 25.5 Å². The Bertz CT molecular complexity index is 933. The minimum absolute atomic E-state index is 0.148. The fraction of sp³-hybridized carbons (Fsp3) is 0.500. The lowest BCUT2D eigenvalue weighted by Crippen LogP contribution is -2.63. The lowest BCUT2D eigenvalue weighted by atomic mass is 9.87. The first kappa shape index (κ1) is 24.4. The second kappa shape index (κ2) is 10.2.